The van der Waals surface area contributed by atoms with E-state index in [1.54, 1.807) is 0 Å². The molecule has 6 heteroatoms. The number of hydrogen-bond donors (Lipinski definition) is 3. The largest absolute Gasteiger partial charge is 0.504 e. The number of halogens is 3. The first-order valence-corrected chi connectivity index (χ1v) is 4.09. The maximum atomic E-state index is 12.4. The van der Waals surface area contributed by atoms with Gasteiger partial charge in [0.05, 0.1) is 5.56 Å². The molecule has 1 aromatic carbocycles. The fourth-order valence-corrected chi connectivity index (χ4v) is 1.21. The molecule has 0 bridgehead atoms. The Kier molecular flexibility index (Phi) is 3.09. The van der Waals surface area contributed by atoms with Crippen LogP contribution < -0.4 is 0 Å². The summed E-state index contributed by atoms with van der Waals surface area (Å²) < 4.78 is 37.2. The molecule has 0 atom stereocenters. The van der Waals surface area contributed by atoms with Gasteiger partial charge in [-0.3, -0.25) is 0 Å². The molecule has 0 heterocycles. The monoisotopic (exact) mass is 222 g/mol. The number of alkyl halides is 3. The van der Waals surface area contributed by atoms with Crippen molar-refractivity contribution < 1.29 is 28.5 Å². The third-order valence-corrected chi connectivity index (χ3v) is 1.89. The first-order chi connectivity index (χ1) is 6.86. The predicted octanol–water partition coefficient (Wildman–Crippen LogP) is 1.65. The number of benzene rings is 1. The van der Waals surface area contributed by atoms with E-state index in [1.807, 2.05) is 0 Å². The molecule has 1 aromatic rings. The van der Waals surface area contributed by atoms with Gasteiger partial charge in [0, 0.05) is 6.61 Å². The zero-order valence-corrected chi connectivity index (χ0v) is 7.54. The molecule has 0 aromatic heterocycles. The van der Waals surface area contributed by atoms with Gasteiger partial charge in [0.15, 0.2) is 11.5 Å². The third kappa shape index (κ3) is 2.53. The van der Waals surface area contributed by atoms with E-state index in [0.717, 1.165) is 6.07 Å². The lowest BCUT2D eigenvalue weighted by Gasteiger charge is -2.13. The Hall–Kier alpha value is -1.43. The number of aliphatic hydroxyl groups excluding tert-OH is 1. The highest BCUT2D eigenvalue weighted by Gasteiger charge is 2.34. The van der Waals surface area contributed by atoms with Crippen molar-refractivity contribution in [2.45, 2.75) is 12.6 Å². The molecule has 1 rings (SSSR count). The third-order valence-electron chi connectivity index (χ3n) is 1.89. The minimum absolute atomic E-state index is 0.233. The standard InChI is InChI=1S/C9H9F3O3/c10-9(11,12)6-4-8(15)7(14)3-5(6)1-2-13/h3-4,13-15H,1-2H2. The second kappa shape index (κ2) is 3.98. The first kappa shape index (κ1) is 11.6. The summed E-state index contributed by atoms with van der Waals surface area (Å²) in [5.41, 5.74) is -1.30. The molecule has 0 saturated heterocycles. The number of hydrogen-bond acceptors (Lipinski definition) is 3. The van der Waals surface area contributed by atoms with E-state index in [9.17, 15) is 13.2 Å². The van der Waals surface area contributed by atoms with Crippen LogP contribution >= 0.6 is 0 Å². The number of phenols is 2. The van der Waals surface area contributed by atoms with Crippen LogP contribution in [0.25, 0.3) is 0 Å². The van der Waals surface area contributed by atoms with Crippen LogP contribution in [0.4, 0.5) is 13.2 Å². The predicted molar refractivity (Wildman–Crippen MR) is 45.6 cm³/mol. The van der Waals surface area contributed by atoms with E-state index in [4.69, 9.17) is 15.3 Å². The van der Waals surface area contributed by atoms with Crippen molar-refractivity contribution in [3.05, 3.63) is 23.3 Å². The van der Waals surface area contributed by atoms with E-state index in [1.165, 1.54) is 0 Å². The lowest BCUT2D eigenvalue weighted by Crippen LogP contribution is -2.10. The summed E-state index contributed by atoms with van der Waals surface area (Å²) in [7, 11) is 0. The van der Waals surface area contributed by atoms with Crippen molar-refractivity contribution in [2.75, 3.05) is 6.61 Å². The first-order valence-electron chi connectivity index (χ1n) is 4.09. The quantitative estimate of drug-likeness (QED) is 0.667. The van der Waals surface area contributed by atoms with E-state index in [-0.39, 0.29) is 12.0 Å². The number of aliphatic hydroxyl groups is 1. The summed E-state index contributed by atoms with van der Waals surface area (Å²) in [4.78, 5) is 0. The lowest BCUT2D eigenvalue weighted by atomic mass is 10.0. The van der Waals surface area contributed by atoms with Gasteiger partial charge in [0.25, 0.3) is 0 Å². The summed E-state index contributed by atoms with van der Waals surface area (Å²) >= 11 is 0. The summed E-state index contributed by atoms with van der Waals surface area (Å²) in [5.74, 6) is -1.46. The molecule has 0 aliphatic carbocycles. The Labute approximate surface area is 83.4 Å². The molecule has 0 unspecified atom stereocenters. The van der Waals surface area contributed by atoms with Gasteiger partial charge in [0.1, 0.15) is 0 Å². The lowest BCUT2D eigenvalue weighted by molar-refractivity contribution is -0.138. The van der Waals surface area contributed by atoms with E-state index in [2.05, 4.69) is 0 Å². The normalized spacial score (nSPS) is 11.7. The molecule has 3 N–H and O–H groups in total. The average Bonchev–Trinajstić information content (AvgIpc) is 2.09. The average molecular weight is 222 g/mol. The molecule has 15 heavy (non-hydrogen) atoms. The van der Waals surface area contributed by atoms with Gasteiger partial charge in [-0.05, 0) is 24.1 Å². The molecule has 0 amide bonds. The molecule has 0 aliphatic heterocycles. The summed E-state index contributed by atoms with van der Waals surface area (Å²) in [6.07, 6.45) is -4.85. The van der Waals surface area contributed by atoms with Gasteiger partial charge < -0.3 is 15.3 Å². The maximum absolute atomic E-state index is 12.4. The molecular weight excluding hydrogens is 213 g/mol. The molecule has 3 nitrogen and oxygen atoms in total. The van der Waals surface area contributed by atoms with Crippen LogP contribution in [-0.4, -0.2) is 21.9 Å². The Morgan fingerprint density at radius 1 is 1.07 bits per heavy atom. The topological polar surface area (TPSA) is 60.7 Å². The Morgan fingerprint density at radius 3 is 2.07 bits per heavy atom. The molecular formula is C9H9F3O3. The molecule has 0 aliphatic rings. The zero-order valence-electron chi connectivity index (χ0n) is 7.54. The van der Waals surface area contributed by atoms with E-state index >= 15 is 0 Å². The highest BCUT2D eigenvalue weighted by atomic mass is 19.4. The fraction of sp³-hybridized carbons (Fsp3) is 0.333. The minimum atomic E-state index is -4.62. The van der Waals surface area contributed by atoms with Crippen LogP contribution in [0.2, 0.25) is 0 Å². The van der Waals surface area contributed by atoms with E-state index < -0.39 is 29.8 Å². The molecule has 0 spiro atoms. The van der Waals surface area contributed by atoms with Gasteiger partial charge in [-0.15, -0.1) is 0 Å². The Balaban J connectivity index is 3.28. The van der Waals surface area contributed by atoms with Crippen molar-refractivity contribution in [1.29, 1.82) is 0 Å². The van der Waals surface area contributed by atoms with Gasteiger partial charge in [-0.2, -0.15) is 13.2 Å². The second-order valence-corrected chi connectivity index (χ2v) is 2.97. The summed E-state index contributed by atoms with van der Waals surface area (Å²) in [6.45, 7) is -0.465. The molecule has 84 valence electrons. The summed E-state index contributed by atoms with van der Waals surface area (Å²) in [6, 6.07) is 1.24. The molecule has 0 radical (unpaired) electrons. The van der Waals surface area contributed by atoms with Crippen LogP contribution in [0.1, 0.15) is 11.1 Å². The van der Waals surface area contributed by atoms with Crippen LogP contribution in [0.5, 0.6) is 11.5 Å². The number of phenolic OH excluding ortho intramolecular Hbond substituents is 2. The second-order valence-electron chi connectivity index (χ2n) is 2.97. The van der Waals surface area contributed by atoms with Crippen molar-refractivity contribution in [3.63, 3.8) is 0 Å². The molecule has 0 saturated carbocycles. The fourth-order valence-electron chi connectivity index (χ4n) is 1.21. The van der Waals surface area contributed by atoms with Gasteiger partial charge in [0.2, 0.25) is 0 Å². The number of aromatic hydroxyl groups is 2. The van der Waals surface area contributed by atoms with Crippen LogP contribution in [0.3, 0.4) is 0 Å². The highest BCUT2D eigenvalue weighted by Crippen LogP contribution is 2.38. The Bertz CT molecular complexity index is 360. The van der Waals surface area contributed by atoms with Gasteiger partial charge in [-0.25, -0.2) is 0 Å². The minimum Gasteiger partial charge on any atom is -0.504 e. The smallest absolute Gasteiger partial charge is 0.416 e. The van der Waals surface area contributed by atoms with Crippen molar-refractivity contribution >= 4 is 0 Å². The SMILES string of the molecule is OCCc1cc(O)c(O)cc1C(F)(F)F. The van der Waals surface area contributed by atoms with Crippen molar-refractivity contribution in [1.82, 2.24) is 0 Å². The maximum Gasteiger partial charge on any atom is 0.416 e. The van der Waals surface area contributed by atoms with Crippen molar-refractivity contribution in [3.8, 4) is 11.5 Å². The molecule has 0 fully saturated rings. The van der Waals surface area contributed by atoms with E-state index in [0.29, 0.717) is 6.07 Å². The van der Waals surface area contributed by atoms with Crippen LogP contribution in [-0.2, 0) is 12.6 Å². The van der Waals surface area contributed by atoms with Gasteiger partial charge >= 0.3 is 6.18 Å². The number of rotatable bonds is 2. The van der Waals surface area contributed by atoms with Crippen LogP contribution in [0.15, 0.2) is 12.1 Å². The summed E-state index contributed by atoms with van der Waals surface area (Å²) in [5, 5.41) is 26.5. The Morgan fingerprint density at radius 2 is 1.60 bits per heavy atom. The van der Waals surface area contributed by atoms with Gasteiger partial charge in [-0.1, -0.05) is 0 Å². The van der Waals surface area contributed by atoms with Crippen LogP contribution in [0, 0.1) is 0 Å². The van der Waals surface area contributed by atoms with Crippen molar-refractivity contribution in [2.24, 2.45) is 0 Å². The highest BCUT2D eigenvalue weighted by molar-refractivity contribution is 5.46. The zero-order chi connectivity index (χ0) is 11.6.